The molecule has 1 aromatic carbocycles. The summed E-state index contributed by atoms with van der Waals surface area (Å²) in [5, 5.41) is 2.74. The van der Waals surface area contributed by atoms with Crippen molar-refractivity contribution in [3.63, 3.8) is 0 Å². The van der Waals surface area contributed by atoms with Crippen molar-refractivity contribution in [2.24, 2.45) is 5.73 Å². The molecule has 1 atom stereocenters. The van der Waals surface area contributed by atoms with E-state index in [0.717, 1.165) is 37.5 Å². The Labute approximate surface area is 112 Å². The predicted octanol–water partition coefficient (Wildman–Crippen LogP) is 2.14. The summed E-state index contributed by atoms with van der Waals surface area (Å²) >= 11 is 0. The number of halogens is 2. The average Bonchev–Trinajstić information content (AvgIpc) is 2.38. The van der Waals surface area contributed by atoms with Crippen molar-refractivity contribution >= 4 is 5.91 Å². The second kappa shape index (κ2) is 7.84. The first kappa shape index (κ1) is 15.6. The summed E-state index contributed by atoms with van der Waals surface area (Å²) in [6.07, 6.45) is 2.61. The van der Waals surface area contributed by atoms with Gasteiger partial charge in [0.15, 0.2) is 0 Å². The normalized spacial score (nSPS) is 12.2. The second-order valence-electron chi connectivity index (χ2n) is 4.55. The number of nitrogens with one attached hydrogen (secondary N) is 1. The van der Waals surface area contributed by atoms with Crippen molar-refractivity contribution < 1.29 is 13.6 Å². The molecule has 1 rings (SSSR count). The van der Waals surface area contributed by atoms with Gasteiger partial charge in [-0.05, 0) is 24.6 Å². The van der Waals surface area contributed by atoms with Crippen LogP contribution >= 0.6 is 0 Å². The summed E-state index contributed by atoms with van der Waals surface area (Å²) in [7, 11) is 0. The number of carbonyl (C=O) groups excluding carboxylic acids is 1. The Morgan fingerprint density at radius 1 is 1.42 bits per heavy atom. The van der Waals surface area contributed by atoms with Crippen LogP contribution in [-0.2, 0) is 11.2 Å². The van der Waals surface area contributed by atoms with E-state index in [9.17, 15) is 13.6 Å². The van der Waals surface area contributed by atoms with Gasteiger partial charge in [0.2, 0.25) is 5.91 Å². The number of rotatable bonds is 7. The highest BCUT2D eigenvalue weighted by Crippen LogP contribution is 2.10. The van der Waals surface area contributed by atoms with Gasteiger partial charge in [-0.15, -0.1) is 0 Å². The van der Waals surface area contributed by atoms with Crippen LogP contribution in [0.1, 0.15) is 31.7 Å². The van der Waals surface area contributed by atoms with Gasteiger partial charge in [0.1, 0.15) is 11.6 Å². The Hall–Kier alpha value is -1.49. The number of hydrogen-bond acceptors (Lipinski definition) is 2. The number of carbonyl (C=O) groups is 1. The molecule has 5 heteroatoms. The summed E-state index contributed by atoms with van der Waals surface area (Å²) in [6, 6.07) is 2.98. The van der Waals surface area contributed by atoms with Crippen molar-refractivity contribution in [1.82, 2.24) is 5.32 Å². The van der Waals surface area contributed by atoms with E-state index in [0.29, 0.717) is 6.54 Å². The molecule has 106 valence electrons. The monoisotopic (exact) mass is 270 g/mol. The zero-order valence-electron chi connectivity index (χ0n) is 11.1. The molecule has 0 aliphatic rings. The van der Waals surface area contributed by atoms with Crippen LogP contribution in [0.2, 0.25) is 0 Å². The van der Waals surface area contributed by atoms with Gasteiger partial charge in [0.05, 0.1) is 6.42 Å². The number of unbranched alkanes of at least 4 members (excludes halogenated alkanes) is 1. The van der Waals surface area contributed by atoms with E-state index in [2.05, 4.69) is 12.2 Å². The van der Waals surface area contributed by atoms with Crippen molar-refractivity contribution in [2.45, 2.75) is 38.6 Å². The summed E-state index contributed by atoms with van der Waals surface area (Å²) in [6.45, 7) is 2.40. The van der Waals surface area contributed by atoms with Crippen LogP contribution in [0.5, 0.6) is 0 Å². The largest absolute Gasteiger partial charge is 0.352 e. The highest BCUT2D eigenvalue weighted by atomic mass is 19.1. The first-order chi connectivity index (χ1) is 9.06. The van der Waals surface area contributed by atoms with Gasteiger partial charge in [-0.1, -0.05) is 19.8 Å². The van der Waals surface area contributed by atoms with Gasteiger partial charge in [0, 0.05) is 18.2 Å². The quantitative estimate of drug-likeness (QED) is 0.797. The Balaban J connectivity index is 2.56. The van der Waals surface area contributed by atoms with Gasteiger partial charge in [-0.2, -0.15) is 0 Å². The van der Waals surface area contributed by atoms with Crippen LogP contribution in [0.3, 0.4) is 0 Å². The average molecular weight is 270 g/mol. The van der Waals surface area contributed by atoms with Gasteiger partial charge in [-0.3, -0.25) is 4.79 Å². The molecule has 0 saturated carbocycles. The highest BCUT2D eigenvalue weighted by molar-refractivity contribution is 5.78. The fourth-order valence-corrected chi connectivity index (χ4v) is 1.83. The number of amides is 1. The molecule has 0 radical (unpaired) electrons. The van der Waals surface area contributed by atoms with E-state index >= 15 is 0 Å². The van der Waals surface area contributed by atoms with Crippen molar-refractivity contribution in [2.75, 3.05) is 6.54 Å². The topological polar surface area (TPSA) is 55.1 Å². The molecule has 0 bridgehead atoms. The zero-order valence-corrected chi connectivity index (χ0v) is 11.1. The van der Waals surface area contributed by atoms with E-state index in [1.54, 1.807) is 0 Å². The Morgan fingerprint density at radius 3 is 2.79 bits per heavy atom. The molecular formula is C14H20F2N2O. The minimum Gasteiger partial charge on any atom is -0.352 e. The van der Waals surface area contributed by atoms with Gasteiger partial charge in [0.25, 0.3) is 0 Å². The van der Waals surface area contributed by atoms with E-state index in [4.69, 9.17) is 5.73 Å². The second-order valence-corrected chi connectivity index (χ2v) is 4.55. The fraction of sp³-hybridized carbons (Fsp3) is 0.500. The molecule has 1 aromatic rings. The molecule has 0 fully saturated rings. The minimum atomic E-state index is -0.575. The lowest BCUT2D eigenvalue weighted by molar-refractivity contribution is -0.121. The number of nitrogens with two attached hydrogens (primary N) is 1. The zero-order chi connectivity index (χ0) is 14.3. The smallest absolute Gasteiger partial charge is 0.224 e. The molecule has 0 aromatic heterocycles. The van der Waals surface area contributed by atoms with Crippen molar-refractivity contribution in [1.29, 1.82) is 0 Å². The van der Waals surface area contributed by atoms with Crippen LogP contribution < -0.4 is 11.1 Å². The molecule has 0 aliphatic heterocycles. The van der Waals surface area contributed by atoms with E-state index in [1.165, 1.54) is 0 Å². The molecule has 1 unspecified atom stereocenters. The SMILES string of the molecule is CCCCC(CN)NC(=O)Cc1cc(F)ccc1F. The van der Waals surface area contributed by atoms with Crippen LogP contribution in [0, 0.1) is 11.6 Å². The van der Waals surface area contributed by atoms with E-state index < -0.39 is 11.6 Å². The maximum Gasteiger partial charge on any atom is 0.224 e. The third kappa shape index (κ3) is 5.34. The first-order valence-corrected chi connectivity index (χ1v) is 6.50. The van der Waals surface area contributed by atoms with Crippen molar-refractivity contribution in [3.05, 3.63) is 35.4 Å². The summed E-state index contributed by atoms with van der Waals surface area (Å²) < 4.78 is 26.4. The molecule has 0 heterocycles. The predicted molar refractivity (Wildman–Crippen MR) is 70.6 cm³/mol. The molecule has 3 nitrogen and oxygen atoms in total. The standard InChI is InChI=1S/C14H20F2N2O/c1-2-3-4-12(9-17)18-14(19)8-10-7-11(15)5-6-13(10)16/h5-7,12H,2-4,8-9,17H2,1H3,(H,18,19). The molecule has 0 saturated heterocycles. The van der Waals surface area contributed by atoms with E-state index in [1.807, 2.05) is 0 Å². The van der Waals surface area contributed by atoms with Crippen LogP contribution in [0.15, 0.2) is 18.2 Å². The Bertz CT molecular complexity index is 424. The number of benzene rings is 1. The maximum atomic E-state index is 13.4. The van der Waals surface area contributed by atoms with Crippen LogP contribution in [0.4, 0.5) is 8.78 Å². The highest BCUT2D eigenvalue weighted by Gasteiger charge is 2.13. The van der Waals surface area contributed by atoms with Gasteiger partial charge >= 0.3 is 0 Å². The Morgan fingerprint density at radius 2 is 2.16 bits per heavy atom. The molecule has 0 aliphatic carbocycles. The molecule has 3 N–H and O–H groups in total. The maximum absolute atomic E-state index is 13.4. The molecule has 0 spiro atoms. The van der Waals surface area contributed by atoms with Crippen molar-refractivity contribution in [3.8, 4) is 0 Å². The lowest BCUT2D eigenvalue weighted by Crippen LogP contribution is -2.41. The minimum absolute atomic E-state index is 0.0590. The van der Waals surface area contributed by atoms with E-state index in [-0.39, 0.29) is 23.9 Å². The summed E-state index contributed by atoms with van der Waals surface area (Å²) in [5.41, 5.74) is 5.62. The fourth-order valence-electron chi connectivity index (χ4n) is 1.83. The van der Waals surface area contributed by atoms with Crippen LogP contribution in [0.25, 0.3) is 0 Å². The number of hydrogen-bond donors (Lipinski definition) is 2. The lowest BCUT2D eigenvalue weighted by atomic mass is 10.1. The first-order valence-electron chi connectivity index (χ1n) is 6.50. The summed E-state index contributed by atoms with van der Waals surface area (Å²) in [5.74, 6) is -1.46. The Kier molecular flexibility index (Phi) is 6.42. The third-order valence-corrected chi connectivity index (χ3v) is 2.91. The van der Waals surface area contributed by atoms with Gasteiger partial charge in [-0.25, -0.2) is 8.78 Å². The van der Waals surface area contributed by atoms with Gasteiger partial charge < -0.3 is 11.1 Å². The summed E-state index contributed by atoms with van der Waals surface area (Å²) in [4.78, 5) is 11.8. The van der Waals surface area contributed by atoms with Crippen LogP contribution in [-0.4, -0.2) is 18.5 Å². The molecular weight excluding hydrogens is 250 g/mol. The molecule has 1 amide bonds. The lowest BCUT2D eigenvalue weighted by Gasteiger charge is -2.16. The molecule has 19 heavy (non-hydrogen) atoms. The third-order valence-electron chi connectivity index (χ3n) is 2.91.